The first kappa shape index (κ1) is 11.8. The number of primary amides is 1. The molecule has 0 saturated carbocycles. The summed E-state index contributed by atoms with van der Waals surface area (Å²) in [5, 5.41) is 8.95. The second kappa shape index (κ2) is 5.00. The Hall–Kier alpha value is -1.26. The number of urea groups is 1. The molecular weight excluding hydrogens is 196 g/mol. The predicted molar refractivity (Wildman–Crippen MR) is 55.3 cm³/mol. The number of carbonyl (C=O) groups is 2. The molecule has 1 fully saturated rings. The van der Waals surface area contributed by atoms with Gasteiger partial charge in [-0.25, -0.2) is 4.79 Å². The average Bonchev–Trinajstić information content (AvgIpc) is 2.40. The van der Waals surface area contributed by atoms with Gasteiger partial charge in [0.05, 0.1) is 5.92 Å². The number of hydrogen-bond donors (Lipinski definition) is 2. The van der Waals surface area contributed by atoms with Gasteiger partial charge >= 0.3 is 12.0 Å². The number of carboxylic acid groups (broad SMARTS) is 1. The molecule has 0 spiro atoms. The van der Waals surface area contributed by atoms with E-state index >= 15 is 0 Å². The van der Waals surface area contributed by atoms with Gasteiger partial charge in [0.15, 0.2) is 0 Å². The minimum atomic E-state index is -0.867. The maximum absolute atomic E-state index is 11.2. The lowest BCUT2D eigenvalue weighted by Gasteiger charge is -2.31. The summed E-state index contributed by atoms with van der Waals surface area (Å²) >= 11 is 0. The van der Waals surface area contributed by atoms with Gasteiger partial charge in [-0.1, -0.05) is 12.8 Å². The Morgan fingerprint density at radius 3 is 2.60 bits per heavy atom. The van der Waals surface area contributed by atoms with Crippen molar-refractivity contribution in [3.8, 4) is 0 Å². The number of carboxylic acids is 1. The van der Waals surface area contributed by atoms with E-state index in [1.807, 2.05) is 0 Å². The second-order valence-corrected chi connectivity index (χ2v) is 4.08. The molecule has 0 aromatic rings. The van der Waals surface area contributed by atoms with Crippen molar-refractivity contribution in [1.82, 2.24) is 4.90 Å². The molecule has 1 aliphatic rings. The molecule has 2 atom stereocenters. The van der Waals surface area contributed by atoms with Gasteiger partial charge in [0.2, 0.25) is 0 Å². The summed E-state index contributed by atoms with van der Waals surface area (Å²) in [7, 11) is 0. The Balaban J connectivity index is 2.78. The molecule has 0 bridgehead atoms. The van der Waals surface area contributed by atoms with Crippen molar-refractivity contribution in [3.63, 3.8) is 0 Å². The Bertz CT molecular complexity index is 255. The third-order valence-corrected chi connectivity index (χ3v) is 3.05. The summed E-state index contributed by atoms with van der Waals surface area (Å²) in [4.78, 5) is 23.6. The highest BCUT2D eigenvalue weighted by atomic mass is 16.4. The summed E-state index contributed by atoms with van der Waals surface area (Å²) in [5.41, 5.74) is 5.26. The first-order chi connectivity index (χ1) is 7.04. The monoisotopic (exact) mass is 214 g/mol. The van der Waals surface area contributed by atoms with Crippen LogP contribution in [0.1, 0.15) is 32.6 Å². The van der Waals surface area contributed by atoms with Crippen LogP contribution < -0.4 is 5.73 Å². The van der Waals surface area contributed by atoms with E-state index in [2.05, 4.69) is 0 Å². The fraction of sp³-hybridized carbons (Fsp3) is 0.800. The SMILES string of the molecule is CC(C(=O)O)C1CCCCCN1C(N)=O. The van der Waals surface area contributed by atoms with Gasteiger partial charge in [-0.05, 0) is 19.8 Å². The normalized spacial score (nSPS) is 24.3. The number of amides is 2. The minimum absolute atomic E-state index is 0.248. The summed E-state index contributed by atoms with van der Waals surface area (Å²) in [6, 6.07) is -0.752. The molecule has 5 nitrogen and oxygen atoms in total. The topological polar surface area (TPSA) is 83.6 Å². The molecule has 0 aromatic heterocycles. The van der Waals surface area contributed by atoms with Crippen LogP contribution in [0.5, 0.6) is 0 Å². The molecule has 2 unspecified atom stereocenters. The maximum Gasteiger partial charge on any atom is 0.315 e. The van der Waals surface area contributed by atoms with Crippen molar-refractivity contribution in [2.75, 3.05) is 6.54 Å². The fourth-order valence-electron chi connectivity index (χ4n) is 2.09. The van der Waals surface area contributed by atoms with Crippen LogP contribution in [0.25, 0.3) is 0 Å². The zero-order valence-corrected chi connectivity index (χ0v) is 8.98. The van der Waals surface area contributed by atoms with Crippen LogP contribution in [-0.2, 0) is 4.79 Å². The van der Waals surface area contributed by atoms with Gasteiger partial charge in [-0.3, -0.25) is 4.79 Å². The number of nitrogens with zero attached hydrogens (tertiary/aromatic N) is 1. The Kier molecular flexibility index (Phi) is 3.94. The van der Waals surface area contributed by atoms with Gasteiger partial charge in [0.1, 0.15) is 0 Å². The minimum Gasteiger partial charge on any atom is -0.481 e. The molecule has 0 radical (unpaired) electrons. The van der Waals surface area contributed by atoms with Crippen molar-refractivity contribution >= 4 is 12.0 Å². The van der Waals surface area contributed by atoms with E-state index in [4.69, 9.17) is 10.8 Å². The van der Waals surface area contributed by atoms with E-state index in [1.165, 1.54) is 4.90 Å². The van der Waals surface area contributed by atoms with Crippen LogP contribution in [0, 0.1) is 5.92 Å². The van der Waals surface area contributed by atoms with Gasteiger partial charge in [-0.2, -0.15) is 0 Å². The third kappa shape index (κ3) is 2.84. The molecule has 0 aromatic carbocycles. The zero-order chi connectivity index (χ0) is 11.4. The summed E-state index contributed by atoms with van der Waals surface area (Å²) in [5.74, 6) is -1.41. The first-order valence-electron chi connectivity index (χ1n) is 5.33. The number of aliphatic carboxylic acids is 1. The van der Waals surface area contributed by atoms with E-state index in [-0.39, 0.29) is 6.04 Å². The molecule has 0 aliphatic carbocycles. The number of nitrogens with two attached hydrogens (primary N) is 1. The highest BCUT2D eigenvalue weighted by Gasteiger charge is 2.31. The first-order valence-corrected chi connectivity index (χ1v) is 5.33. The lowest BCUT2D eigenvalue weighted by atomic mass is 9.96. The number of likely N-dealkylation sites (tertiary alicyclic amines) is 1. The van der Waals surface area contributed by atoms with Crippen molar-refractivity contribution < 1.29 is 14.7 Å². The quantitative estimate of drug-likeness (QED) is 0.720. The zero-order valence-electron chi connectivity index (χ0n) is 8.98. The van der Waals surface area contributed by atoms with Gasteiger partial charge in [-0.15, -0.1) is 0 Å². The van der Waals surface area contributed by atoms with Crippen LogP contribution in [-0.4, -0.2) is 34.6 Å². The van der Waals surface area contributed by atoms with E-state index in [0.717, 1.165) is 25.7 Å². The van der Waals surface area contributed by atoms with Crippen molar-refractivity contribution in [2.24, 2.45) is 11.7 Å². The van der Waals surface area contributed by atoms with E-state index in [1.54, 1.807) is 6.92 Å². The van der Waals surface area contributed by atoms with Crippen LogP contribution >= 0.6 is 0 Å². The Labute approximate surface area is 89.2 Å². The van der Waals surface area contributed by atoms with Crippen LogP contribution in [0.4, 0.5) is 4.79 Å². The second-order valence-electron chi connectivity index (χ2n) is 4.08. The van der Waals surface area contributed by atoms with Gasteiger partial charge < -0.3 is 15.7 Å². The predicted octanol–water partition coefficient (Wildman–Crippen LogP) is 1.03. The molecule has 1 rings (SSSR count). The number of rotatable bonds is 2. The molecule has 1 saturated heterocycles. The summed E-state index contributed by atoms with van der Waals surface area (Å²) in [6.07, 6.45) is 3.64. The number of hydrogen-bond acceptors (Lipinski definition) is 2. The fourth-order valence-corrected chi connectivity index (χ4v) is 2.09. The van der Waals surface area contributed by atoms with Crippen molar-refractivity contribution in [1.29, 1.82) is 0 Å². The van der Waals surface area contributed by atoms with Crippen LogP contribution in [0.15, 0.2) is 0 Å². The standard InChI is InChI=1S/C10H18N2O3/c1-7(9(13)14)8-5-3-2-4-6-12(8)10(11)15/h7-8H,2-6H2,1H3,(H2,11,15)(H,13,14). The van der Waals surface area contributed by atoms with Crippen LogP contribution in [0.3, 0.4) is 0 Å². The number of carbonyl (C=O) groups excluding carboxylic acids is 1. The van der Waals surface area contributed by atoms with E-state index < -0.39 is 17.9 Å². The highest BCUT2D eigenvalue weighted by Crippen LogP contribution is 2.22. The Morgan fingerprint density at radius 1 is 1.40 bits per heavy atom. The third-order valence-electron chi connectivity index (χ3n) is 3.05. The molecule has 3 N–H and O–H groups in total. The average molecular weight is 214 g/mol. The molecule has 15 heavy (non-hydrogen) atoms. The van der Waals surface area contributed by atoms with Gasteiger partial charge in [0, 0.05) is 12.6 Å². The largest absolute Gasteiger partial charge is 0.481 e. The lowest BCUT2D eigenvalue weighted by molar-refractivity contribution is -0.143. The van der Waals surface area contributed by atoms with E-state index in [9.17, 15) is 9.59 Å². The van der Waals surface area contributed by atoms with Crippen molar-refractivity contribution in [3.05, 3.63) is 0 Å². The summed E-state index contributed by atoms with van der Waals surface area (Å²) < 4.78 is 0. The van der Waals surface area contributed by atoms with E-state index in [0.29, 0.717) is 6.54 Å². The smallest absolute Gasteiger partial charge is 0.315 e. The lowest BCUT2D eigenvalue weighted by Crippen LogP contribution is -2.48. The molecule has 5 heteroatoms. The van der Waals surface area contributed by atoms with Crippen molar-refractivity contribution in [2.45, 2.75) is 38.6 Å². The molecule has 2 amide bonds. The highest BCUT2D eigenvalue weighted by molar-refractivity contribution is 5.75. The van der Waals surface area contributed by atoms with Gasteiger partial charge in [0.25, 0.3) is 0 Å². The molecule has 1 aliphatic heterocycles. The molecule has 86 valence electrons. The van der Waals surface area contributed by atoms with Crippen LogP contribution in [0.2, 0.25) is 0 Å². The maximum atomic E-state index is 11.2. The molecular formula is C10H18N2O3. The molecule has 1 heterocycles. The Morgan fingerprint density at radius 2 is 2.07 bits per heavy atom. The summed E-state index contributed by atoms with van der Waals surface area (Å²) in [6.45, 7) is 2.21.